The molecule has 100 valence electrons. The van der Waals surface area contributed by atoms with Crippen molar-refractivity contribution >= 4 is 5.97 Å². The highest BCUT2D eigenvalue weighted by molar-refractivity contribution is 5.88. The van der Waals surface area contributed by atoms with Crippen LogP contribution in [-0.4, -0.2) is 54.1 Å². The molecule has 18 heavy (non-hydrogen) atoms. The molecule has 1 fully saturated rings. The van der Waals surface area contributed by atoms with Crippen LogP contribution in [0.3, 0.4) is 0 Å². The van der Waals surface area contributed by atoms with E-state index in [0.717, 1.165) is 19.5 Å². The fraction of sp³-hybridized carbons (Fsp3) is 0.615. The predicted molar refractivity (Wildman–Crippen MR) is 67.7 cm³/mol. The Labute approximate surface area is 107 Å². The molecule has 5 nitrogen and oxygen atoms in total. The van der Waals surface area contributed by atoms with Crippen molar-refractivity contribution < 1.29 is 14.3 Å². The number of aromatic carboxylic acids is 1. The van der Waals surface area contributed by atoms with Crippen molar-refractivity contribution in [3.63, 3.8) is 0 Å². The molecule has 0 radical (unpaired) electrons. The van der Waals surface area contributed by atoms with E-state index >= 15 is 0 Å². The van der Waals surface area contributed by atoms with Gasteiger partial charge in [-0.05, 0) is 39.5 Å². The molecule has 1 saturated heterocycles. The number of carboxylic acids is 1. The lowest BCUT2D eigenvalue weighted by molar-refractivity contribution is 0.0690. The van der Waals surface area contributed by atoms with Crippen LogP contribution in [0.2, 0.25) is 0 Å². The lowest BCUT2D eigenvalue weighted by Gasteiger charge is -2.35. The molecule has 1 aromatic heterocycles. The van der Waals surface area contributed by atoms with Crippen LogP contribution >= 0.6 is 0 Å². The fourth-order valence-electron chi connectivity index (χ4n) is 2.51. The maximum atomic E-state index is 11.0. The fourth-order valence-corrected chi connectivity index (χ4v) is 2.51. The maximum absolute atomic E-state index is 11.0. The summed E-state index contributed by atoms with van der Waals surface area (Å²) >= 11 is 0. The molecule has 1 aliphatic rings. The number of carbonyl (C=O) groups is 1. The van der Waals surface area contributed by atoms with Crippen molar-refractivity contribution in [2.75, 3.05) is 27.2 Å². The van der Waals surface area contributed by atoms with Gasteiger partial charge < -0.3 is 14.4 Å². The second-order valence-electron chi connectivity index (χ2n) is 5.04. The number of furan rings is 1. The van der Waals surface area contributed by atoms with Gasteiger partial charge in [-0.1, -0.05) is 0 Å². The van der Waals surface area contributed by atoms with Gasteiger partial charge in [0.1, 0.15) is 11.3 Å². The average Bonchev–Trinajstić information content (AvgIpc) is 2.77. The Hall–Kier alpha value is -1.33. The molecular formula is C13H20N2O3. The Morgan fingerprint density at radius 2 is 2.44 bits per heavy atom. The summed E-state index contributed by atoms with van der Waals surface area (Å²) in [5.41, 5.74) is 0.269. The van der Waals surface area contributed by atoms with E-state index in [-0.39, 0.29) is 5.56 Å². The number of hydrogen-bond acceptors (Lipinski definition) is 4. The first-order valence-corrected chi connectivity index (χ1v) is 6.26. The molecule has 0 spiro atoms. The summed E-state index contributed by atoms with van der Waals surface area (Å²) in [7, 11) is 4.15. The number of carboxylic acid groups (broad SMARTS) is 1. The van der Waals surface area contributed by atoms with E-state index in [0.29, 0.717) is 18.3 Å². The summed E-state index contributed by atoms with van der Waals surface area (Å²) in [6.07, 6.45) is 3.79. The van der Waals surface area contributed by atoms with Gasteiger partial charge >= 0.3 is 5.97 Å². The number of piperidine rings is 1. The van der Waals surface area contributed by atoms with Crippen molar-refractivity contribution in [3.8, 4) is 0 Å². The van der Waals surface area contributed by atoms with Gasteiger partial charge in [0.25, 0.3) is 0 Å². The van der Waals surface area contributed by atoms with Gasteiger partial charge in [-0.3, -0.25) is 4.90 Å². The smallest absolute Gasteiger partial charge is 0.339 e. The topological polar surface area (TPSA) is 56.9 Å². The zero-order chi connectivity index (χ0) is 13.1. The molecule has 1 N–H and O–H groups in total. The summed E-state index contributed by atoms with van der Waals surface area (Å²) in [6, 6.07) is 1.98. The number of likely N-dealkylation sites (tertiary alicyclic amines) is 1. The minimum Gasteiger partial charge on any atom is -0.478 e. The van der Waals surface area contributed by atoms with E-state index in [1.165, 1.54) is 18.8 Å². The summed E-state index contributed by atoms with van der Waals surface area (Å²) < 4.78 is 5.28. The van der Waals surface area contributed by atoms with Crippen LogP contribution in [0, 0.1) is 0 Å². The predicted octanol–water partition coefficient (Wildman–Crippen LogP) is 1.50. The molecule has 0 bridgehead atoms. The van der Waals surface area contributed by atoms with E-state index in [1.807, 2.05) is 7.05 Å². The zero-order valence-corrected chi connectivity index (χ0v) is 10.9. The number of nitrogens with zero attached hydrogens (tertiary/aromatic N) is 2. The third-order valence-electron chi connectivity index (χ3n) is 3.59. The van der Waals surface area contributed by atoms with Crippen LogP contribution in [-0.2, 0) is 6.54 Å². The molecule has 0 saturated carbocycles. The van der Waals surface area contributed by atoms with Crippen molar-refractivity contribution in [2.24, 2.45) is 0 Å². The molecular weight excluding hydrogens is 232 g/mol. The average molecular weight is 252 g/mol. The van der Waals surface area contributed by atoms with E-state index in [9.17, 15) is 4.79 Å². The van der Waals surface area contributed by atoms with Crippen molar-refractivity contribution in [3.05, 3.63) is 23.7 Å². The van der Waals surface area contributed by atoms with Gasteiger partial charge in [-0.25, -0.2) is 4.79 Å². The summed E-state index contributed by atoms with van der Waals surface area (Å²) in [5.74, 6) is -0.383. The molecule has 0 aromatic carbocycles. The lowest BCUT2D eigenvalue weighted by Crippen LogP contribution is -2.44. The Kier molecular flexibility index (Phi) is 4.04. The number of likely N-dealkylation sites (N-methyl/N-ethyl adjacent to an activating group) is 2. The third kappa shape index (κ3) is 2.91. The highest BCUT2D eigenvalue weighted by Gasteiger charge is 2.23. The minimum absolute atomic E-state index is 0.269. The maximum Gasteiger partial charge on any atom is 0.339 e. The second kappa shape index (κ2) is 5.54. The van der Waals surface area contributed by atoms with Gasteiger partial charge in [-0.2, -0.15) is 0 Å². The standard InChI is InChI=1S/C13H20N2O3/c1-14-6-3-4-10(8-14)15(2)9-12-11(13(16)17)5-7-18-12/h5,7,10H,3-4,6,8-9H2,1-2H3,(H,16,17). The monoisotopic (exact) mass is 252 g/mol. The number of hydrogen-bond donors (Lipinski definition) is 1. The molecule has 1 aliphatic heterocycles. The molecule has 2 heterocycles. The molecule has 1 atom stereocenters. The summed E-state index contributed by atoms with van der Waals surface area (Å²) in [6.45, 7) is 2.72. The first-order chi connectivity index (χ1) is 8.58. The van der Waals surface area contributed by atoms with E-state index in [1.54, 1.807) is 0 Å². The normalized spacial score (nSPS) is 21.4. The molecule has 1 aromatic rings. The van der Waals surface area contributed by atoms with Gasteiger partial charge in [0.15, 0.2) is 0 Å². The van der Waals surface area contributed by atoms with E-state index < -0.39 is 5.97 Å². The van der Waals surface area contributed by atoms with E-state index in [2.05, 4.69) is 16.8 Å². The zero-order valence-electron chi connectivity index (χ0n) is 10.9. The van der Waals surface area contributed by atoms with Crippen LogP contribution in [0.15, 0.2) is 16.7 Å². The Balaban J connectivity index is 2.00. The molecule has 0 amide bonds. The quantitative estimate of drug-likeness (QED) is 0.880. The van der Waals surface area contributed by atoms with Gasteiger partial charge in [0, 0.05) is 12.6 Å². The highest BCUT2D eigenvalue weighted by Crippen LogP contribution is 2.18. The SMILES string of the molecule is CN1CCCC(N(C)Cc2occc2C(=O)O)C1. The van der Waals surface area contributed by atoms with Crippen LogP contribution < -0.4 is 0 Å². The van der Waals surface area contributed by atoms with Crippen LogP contribution in [0.1, 0.15) is 29.0 Å². The highest BCUT2D eigenvalue weighted by atomic mass is 16.4. The Morgan fingerprint density at radius 1 is 1.67 bits per heavy atom. The third-order valence-corrected chi connectivity index (χ3v) is 3.59. The number of rotatable bonds is 4. The first-order valence-electron chi connectivity index (χ1n) is 6.26. The molecule has 2 rings (SSSR count). The summed E-state index contributed by atoms with van der Waals surface area (Å²) in [4.78, 5) is 15.5. The molecule has 5 heteroatoms. The van der Waals surface area contributed by atoms with Crippen molar-refractivity contribution in [1.82, 2.24) is 9.80 Å². The summed E-state index contributed by atoms with van der Waals surface area (Å²) in [5, 5.41) is 9.03. The van der Waals surface area contributed by atoms with Gasteiger partial charge in [0.05, 0.1) is 12.8 Å². The first kappa shape index (κ1) is 13.1. The molecule has 0 aliphatic carbocycles. The van der Waals surface area contributed by atoms with Gasteiger partial charge in [-0.15, -0.1) is 0 Å². The van der Waals surface area contributed by atoms with Crippen molar-refractivity contribution in [2.45, 2.75) is 25.4 Å². The molecule has 1 unspecified atom stereocenters. The van der Waals surface area contributed by atoms with Crippen LogP contribution in [0.5, 0.6) is 0 Å². The lowest BCUT2D eigenvalue weighted by atomic mass is 10.0. The van der Waals surface area contributed by atoms with Crippen LogP contribution in [0.4, 0.5) is 0 Å². The van der Waals surface area contributed by atoms with E-state index in [4.69, 9.17) is 9.52 Å². The Morgan fingerprint density at radius 3 is 3.11 bits per heavy atom. The minimum atomic E-state index is -0.923. The van der Waals surface area contributed by atoms with Gasteiger partial charge in [0.2, 0.25) is 0 Å². The second-order valence-corrected chi connectivity index (χ2v) is 5.04. The Bertz CT molecular complexity index is 416. The van der Waals surface area contributed by atoms with Crippen molar-refractivity contribution in [1.29, 1.82) is 0 Å². The largest absolute Gasteiger partial charge is 0.478 e. The van der Waals surface area contributed by atoms with Crippen LogP contribution in [0.25, 0.3) is 0 Å².